The summed E-state index contributed by atoms with van der Waals surface area (Å²) in [7, 11) is 0. The van der Waals surface area contributed by atoms with Crippen LogP contribution in [0.15, 0.2) is 18.3 Å². The molecule has 28 heavy (non-hydrogen) atoms. The van der Waals surface area contributed by atoms with Crippen molar-refractivity contribution in [2.45, 2.75) is 6.18 Å². The fourth-order valence-corrected chi connectivity index (χ4v) is 3.68. The zero-order valence-corrected chi connectivity index (χ0v) is 16.5. The Bertz CT molecular complexity index is 859. The molecule has 2 aromatic rings. The number of carbonyl (C=O) groups excluding carboxylic acids is 1. The van der Waals surface area contributed by atoms with Gasteiger partial charge in [0.05, 0.1) is 16.2 Å². The van der Waals surface area contributed by atoms with Crippen molar-refractivity contribution in [2.75, 3.05) is 32.8 Å². The summed E-state index contributed by atoms with van der Waals surface area (Å²) in [5, 5.41) is 6.96. The van der Waals surface area contributed by atoms with E-state index in [1.807, 2.05) is 0 Å². The minimum Gasteiger partial charge on any atom is -0.467 e. The number of hydrogen-bond acceptors (Lipinski definition) is 4. The minimum atomic E-state index is -4.75. The van der Waals surface area contributed by atoms with E-state index < -0.39 is 30.1 Å². The predicted octanol–water partition coefficient (Wildman–Crippen LogP) is 3.66. The fourth-order valence-electron chi connectivity index (χ4n) is 2.70. The van der Waals surface area contributed by atoms with Gasteiger partial charge in [-0.1, -0.05) is 34.8 Å². The number of nitrogens with one attached hydrogen (secondary N) is 1. The third-order valence-electron chi connectivity index (χ3n) is 4.03. The molecule has 3 rings (SSSR count). The number of benzene rings is 1. The third-order valence-corrected chi connectivity index (χ3v) is 4.82. The minimum absolute atomic E-state index is 0.0207. The molecule has 12 heteroatoms. The topological polar surface area (TPSA) is 59.4 Å². The van der Waals surface area contributed by atoms with Crippen LogP contribution in [0.4, 0.5) is 13.2 Å². The van der Waals surface area contributed by atoms with Crippen LogP contribution < -0.4 is 10.1 Å². The maximum absolute atomic E-state index is 13.4. The Balaban J connectivity index is 1.95. The van der Waals surface area contributed by atoms with Crippen LogP contribution in [0.2, 0.25) is 15.1 Å². The Morgan fingerprint density at radius 2 is 1.79 bits per heavy atom. The molecule has 0 bridgehead atoms. The summed E-state index contributed by atoms with van der Waals surface area (Å²) in [6.07, 6.45) is -4.16. The van der Waals surface area contributed by atoms with Crippen LogP contribution in [0.25, 0.3) is 5.69 Å². The van der Waals surface area contributed by atoms with Crippen LogP contribution in [0.3, 0.4) is 0 Å². The van der Waals surface area contributed by atoms with Crippen LogP contribution in [-0.4, -0.2) is 53.4 Å². The molecule has 1 N–H and O–H groups in total. The van der Waals surface area contributed by atoms with Gasteiger partial charge in [0.1, 0.15) is 11.3 Å². The molecule has 0 atom stereocenters. The number of alkyl halides is 3. The average Bonchev–Trinajstić information content (AvgIpc) is 3.03. The molecule has 6 nitrogen and oxygen atoms in total. The largest absolute Gasteiger partial charge is 0.467 e. The number of hydrogen-bond donors (Lipinski definition) is 1. The Morgan fingerprint density at radius 3 is 2.36 bits per heavy atom. The molecule has 1 aromatic heterocycles. The van der Waals surface area contributed by atoms with Crippen molar-refractivity contribution < 1.29 is 22.7 Å². The first-order valence-electron chi connectivity index (χ1n) is 8.10. The van der Waals surface area contributed by atoms with Gasteiger partial charge in [0.15, 0.2) is 6.61 Å². The van der Waals surface area contributed by atoms with Gasteiger partial charge in [0, 0.05) is 31.2 Å². The summed E-state index contributed by atoms with van der Waals surface area (Å²) >= 11 is 18.1. The maximum atomic E-state index is 13.4. The second kappa shape index (κ2) is 8.36. The molecule has 0 spiro atoms. The summed E-state index contributed by atoms with van der Waals surface area (Å²) < 4.78 is 46.3. The fraction of sp³-hybridized carbons (Fsp3) is 0.375. The number of nitrogens with zero attached hydrogens (tertiary/aromatic N) is 3. The molecule has 0 saturated carbocycles. The number of piperazine rings is 1. The Morgan fingerprint density at radius 1 is 1.18 bits per heavy atom. The van der Waals surface area contributed by atoms with Gasteiger partial charge >= 0.3 is 6.18 Å². The van der Waals surface area contributed by atoms with Gasteiger partial charge in [-0.3, -0.25) is 4.79 Å². The lowest BCUT2D eigenvalue weighted by Gasteiger charge is -2.27. The lowest BCUT2D eigenvalue weighted by atomic mass is 10.3. The first kappa shape index (κ1) is 21.0. The summed E-state index contributed by atoms with van der Waals surface area (Å²) in [6.45, 7) is 1.52. The molecule has 1 saturated heterocycles. The quantitative estimate of drug-likeness (QED) is 0.761. The zero-order valence-electron chi connectivity index (χ0n) is 14.2. The highest BCUT2D eigenvalue weighted by Gasteiger charge is 2.38. The lowest BCUT2D eigenvalue weighted by Crippen LogP contribution is -2.48. The summed E-state index contributed by atoms with van der Waals surface area (Å²) in [4.78, 5) is 13.8. The van der Waals surface area contributed by atoms with Crippen LogP contribution in [0, 0.1) is 0 Å². The molecule has 1 aliphatic heterocycles. The van der Waals surface area contributed by atoms with Crippen molar-refractivity contribution in [3.63, 3.8) is 0 Å². The van der Waals surface area contributed by atoms with Crippen molar-refractivity contribution in [1.82, 2.24) is 20.0 Å². The highest BCUT2D eigenvalue weighted by atomic mass is 35.5. The molecule has 152 valence electrons. The molecule has 1 aromatic carbocycles. The van der Waals surface area contributed by atoms with Crippen molar-refractivity contribution in [3.05, 3.63) is 39.0 Å². The second-order valence-electron chi connectivity index (χ2n) is 5.91. The molecule has 1 fully saturated rings. The van der Waals surface area contributed by atoms with Crippen molar-refractivity contribution in [3.8, 4) is 11.6 Å². The van der Waals surface area contributed by atoms with Crippen LogP contribution >= 0.6 is 34.8 Å². The van der Waals surface area contributed by atoms with Gasteiger partial charge in [-0.2, -0.15) is 23.0 Å². The lowest BCUT2D eigenvalue weighted by molar-refractivity contribution is -0.141. The van der Waals surface area contributed by atoms with Crippen LogP contribution in [-0.2, 0) is 11.0 Å². The zero-order chi connectivity index (χ0) is 20.5. The van der Waals surface area contributed by atoms with Gasteiger partial charge in [-0.15, -0.1) is 0 Å². The van der Waals surface area contributed by atoms with E-state index in [9.17, 15) is 18.0 Å². The van der Waals surface area contributed by atoms with Gasteiger partial charge in [0.2, 0.25) is 5.88 Å². The van der Waals surface area contributed by atoms with E-state index in [0.717, 1.165) is 4.68 Å². The van der Waals surface area contributed by atoms with E-state index in [-0.39, 0.29) is 20.8 Å². The molecule has 0 unspecified atom stereocenters. The molecule has 2 heterocycles. The molecular weight excluding hydrogens is 444 g/mol. The molecule has 0 aliphatic carbocycles. The van der Waals surface area contributed by atoms with Crippen molar-refractivity contribution in [2.24, 2.45) is 0 Å². The van der Waals surface area contributed by atoms with Crippen LogP contribution in [0.5, 0.6) is 5.88 Å². The van der Waals surface area contributed by atoms with Crippen LogP contribution in [0.1, 0.15) is 5.56 Å². The molecular formula is C16H14Cl3F3N4O2. The van der Waals surface area contributed by atoms with E-state index >= 15 is 0 Å². The van der Waals surface area contributed by atoms with E-state index in [4.69, 9.17) is 39.5 Å². The highest BCUT2D eigenvalue weighted by Crippen LogP contribution is 2.40. The molecule has 0 radical (unpaired) electrons. The number of aromatic nitrogens is 2. The molecule has 1 amide bonds. The average molecular weight is 458 g/mol. The number of ether oxygens (including phenoxy) is 1. The van der Waals surface area contributed by atoms with E-state index in [1.165, 1.54) is 17.0 Å². The van der Waals surface area contributed by atoms with E-state index in [2.05, 4.69) is 10.4 Å². The number of rotatable bonds is 4. The first-order chi connectivity index (χ1) is 13.2. The summed E-state index contributed by atoms with van der Waals surface area (Å²) in [5.41, 5.74) is -1.18. The third kappa shape index (κ3) is 4.48. The van der Waals surface area contributed by atoms with Gasteiger partial charge in [0.25, 0.3) is 5.91 Å². The number of halogens is 6. The Kier molecular flexibility index (Phi) is 6.28. The smallest absolute Gasteiger partial charge is 0.423 e. The van der Waals surface area contributed by atoms with Gasteiger partial charge < -0.3 is 15.0 Å². The molecule has 1 aliphatic rings. The van der Waals surface area contributed by atoms with Gasteiger partial charge in [-0.05, 0) is 12.1 Å². The normalized spacial score (nSPS) is 15.0. The monoisotopic (exact) mass is 456 g/mol. The standard InChI is InChI=1S/C16H14Cl3F3N4O2/c17-9-5-11(18)14(12(19)6-9)26-15(10(7-24-26)16(20,21)22)28-8-13(27)25-3-1-23-2-4-25/h5-7,23H,1-4,8H2. The van der Waals surface area contributed by atoms with Gasteiger partial charge in [-0.25, -0.2) is 0 Å². The second-order valence-corrected chi connectivity index (χ2v) is 7.16. The Labute approximate surface area is 173 Å². The predicted molar refractivity (Wildman–Crippen MR) is 98.5 cm³/mol. The first-order valence-corrected chi connectivity index (χ1v) is 9.23. The highest BCUT2D eigenvalue weighted by molar-refractivity contribution is 6.40. The Hall–Kier alpha value is -1.68. The number of amides is 1. The summed E-state index contributed by atoms with van der Waals surface area (Å²) in [6, 6.07) is 2.63. The SMILES string of the molecule is O=C(COc1c(C(F)(F)F)cnn1-c1c(Cl)cc(Cl)cc1Cl)N1CCNCC1. The van der Waals surface area contributed by atoms with Crippen molar-refractivity contribution in [1.29, 1.82) is 0 Å². The van der Waals surface area contributed by atoms with E-state index in [1.54, 1.807) is 0 Å². The van der Waals surface area contributed by atoms with E-state index in [0.29, 0.717) is 32.4 Å². The van der Waals surface area contributed by atoms with Crippen molar-refractivity contribution >= 4 is 40.7 Å². The number of carbonyl (C=O) groups is 1. The maximum Gasteiger partial charge on any atom is 0.423 e. The summed E-state index contributed by atoms with van der Waals surface area (Å²) in [5.74, 6) is -1.11.